The van der Waals surface area contributed by atoms with E-state index in [2.05, 4.69) is 89.4 Å². The van der Waals surface area contributed by atoms with E-state index in [0.29, 0.717) is 10.8 Å². The van der Waals surface area contributed by atoms with E-state index in [-0.39, 0.29) is 0 Å². The number of azo groups is 1. The number of hydrogen-bond acceptors (Lipinski definition) is 10. The van der Waals surface area contributed by atoms with Crippen LogP contribution >= 0.6 is 22.7 Å². The van der Waals surface area contributed by atoms with E-state index >= 15 is 0 Å². The highest BCUT2D eigenvalue weighted by molar-refractivity contribution is 7.22. The molecule has 222 valence electrons. The van der Waals surface area contributed by atoms with Crippen LogP contribution in [-0.4, -0.2) is 20.2 Å². The van der Waals surface area contributed by atoms with Gasteiger partial charge in [0.15, 0.2) is 5.13 Å². The molecule has 3 heterocycles. The number of nitrogen functional groups attached to an aromatic ring is 1. The van der Waals surface area contributed by atoms with Crippen LogP contribution < -0.4 is 10.6 Å². The van der Waals surface area contributed by atoms with Crippen molar-refractivity contribution in [2.45, 2.75) is 54.4 Å². The molecule has 8 nitrogen and oxygen atoms in total. The Balaban J connectivity index is 1.46. The summed E-state index contributed by atoms with van der Waals surface area (Å²) in [5, 5.41) is 19.0. The first-order chi connectivity index (χ1) is 21.2. The third-order valence-electron chi connectivity index (χ3n) is 7.53. The van der Waals surface area contributed by atoms with Crippen molar-refractivity contribution >= 4 is 66.0 Å². The molecule has 0 amide bonds. The number of aromatic nitrogens is 4. The number of hydrogen-bond donors (Lipinski definition) is 1. The zero-order chi connectivity index (χ0) is 31.0. The number of nitrogens with zero attached hydrogens (tertiary/aromatic N) is 7. The van der Waals surface area contributed by atoms with Crippen LogP contribution in [0.5, 0.6) is 0 Å². The number of aryl methyl sites for hydroxylation is 8. The van der Waals surface area contributed by atoms with Crippen LogP contribution in [0.2, 0.25) is 0 Å². The lowest BCUT2D eigenvalue weighted by molar-refractivity contribution is 0.946. The van der Waals surface area contributed by atoms with Crippen LogP contribution in [0.15, 0.2) is 70.9 Å². The second kappa shape index (κ2) is 12.2. The number of rotatable bonds is 8. The lowest BCUT2D eigenvalue weighted by Gasteiger charge is -2.27. The fourth-order valence-electron chi connectivity index (χ4n) is 5.56. The molecule has 0 spiro atoms. The predicted molar refractivity (Wildman–Crippen MR) is 183 cm³/mol. The Labute approximate surface area is 265 Å². The Morgan fingerprint density at radius 3 is 2.20 bits per heavy atom. The Kier molecular flexibility index (Phi) is 8.20. The van der Waals surface area contributed by atoms with Crippen LogP contribution in [-0.2, 0) is 12.8 Å². The van der Waals surface area contributed by atoms with Gasteiger partial charge in [0.2, 0.25) is 0 Å². The number of nitrogens with two attached hydrogens (primary N) is 1. The zero-order valence-corrected chi connectivity index (χ0v) is 27.3. The summed E-state index contributed by atoms with van der Waals surface area (Å²) < 4.78 is 1.12. The van der Waals surface area contributed by atoms with Gasteiger partial charge >= 0.3 is 0 Å². The smallest absolute Gasteiger partial charge is 0.251 e. The molecule has 0 radical (unpaired) electrons. The minimum absolute atomic E-state index is 0.520. The van der Waals surface area contributed by atoms with Crippen molar-refractivity contribution in [2.75, 3.05) is 10.6 Å². The number of fused-ring (bicyclic) bond motifs is 1. The second-order valence-electron chi connectivity index (χ2n) is 11.1. The molecule has 2 N–H and O–H groups in total. The molecule has 6 aromatic rings. The Hall–Kier alpha value is -4.54. The molecular formula is C34H34N8S2. The van der Waals surface area contributed by atoms with Crippen molar-refractivity contribution < 1.29 is 0 Å². The molecule has 10 heteroatoms. The van der Waals surface area contributed by atoms with Gasteiger partial charge in [-0.3, -0.25) is 4.90 Å². The Morgan fingerprint density at radius 1 is 0.750 bits per heavy atom. The maximum Gasteiger partial charge on any atom is 0.251 e. The minimum atomic E-state index is 0.520. The number of anilines is 4. The summed E-state index contributed by atoms with van der Waals surface area (Å²) in [4.78, 5) is 12.3. The van der Waals surface area contributed by atoms with Crippen molar-refractivity contribution in [1.82, 2.24) is 20.2 Å². The average Bonchev–Trinajstić information content (AvgIpc) is 3.60. The normalized spacial score (nSPS) is 11.6. The van der Waals surface area contributed by atoms with Gasteiger partial charge in [0.05, 0.1) is 21.6 Å². The van der Waals surface area contributed by atoms with Crippen LogP contribution in [0, 0.1) is 41.5 Å². The first-order valence-corrected chi connectivity index (χ1v) is 16.1. The third-order valence-corrected chi connectivity index (χ3v) is 9.28. The maximum atomic E-state index is 6.54. The van der Waals surface area contributed by atoms with E-state index in [1.807, 2.05) is 38.1 Å². The molecule has 0 aliphatic rings. The molecule has 0 fully saturated rings. The van der Waals surface area contributed by atoms with E-state index in [1.54, 1.807) is 11.3 Å². The summed E-state index contributed by atoms with van der Waals surface area (Å²) in [7, 11) is 0. The monoisotopic (exact) mass is 618 g/mol. The Morgan fingerprint density at radius 2 is 1.48 bits per heavy atom. The van der Waals surface area contributed by atoms with Crippen LogP contribution in [0.1, 0.15) is 44.1 Å². The molecule has 0 unspecified atom stereocenters. The molecule has 0 bridgehead atoms. The summed E-state index contributed by atoms with van der Waals surface area (Å²) >= 11 is 3.06. The fourth-order valence-corrected chi connectivity index (χ4v) is 7.05. The summed E-state index contributed by atoms with van der Waals surface area (Å²) in [5.74, 6) is 0.770. The molecule has 0 aliphatic heterocycles. The van der Waals surface area contributed by atoms with Gasteiger partial charge in [-0.15, -0.1) is 20.4 Å². The van der Waals surface area contributed by atoms with Crippen molar-refractivity contribution in [2.24, 2.45) is 10.2 Å². The van der Waals surface area contributed by atoms with Gasteiger partial charge < -0.3 is 5.73 Å². The van der Waals surface area contributed by atoms with Gasteiger partial charge in [-0.25, -0.2) is 9.97 Å². The fraction of sp³-hybridized carbons (Fsp3) is 0.235. The lowest BCUT2D eigenvalue weighted by atomic mass is 9.95. The van der Waals surface area contributed by atoms with Gasteiger partial charge in [0, 0.05) is 5.69 Å². The van der Waals surface area contributed by atoms with Gasteiger partial charge in [-0.2, -0.15) is 0 Å². The molecule has 0 saturated carbocycles. The Bertz CT molecular complexity index is 1990. The average molecular weight is 619 g/mol. The van der Waals surface area contributed by atoms with E-state index in [0.717, 1.165) is 67.2 Å². The summed E-state index contributed by atoms with van der Waals surface area (Å²) in [5.41, 5.74) is 18.0. The molecule has 0 saturated heterocycles. The maximum absolute atomic E-state index is 6.54. The number of benzene rings is 3. The summed E-state index contributed by atoms with van der Waals surface area (Å²) in [6, 6.07) is 21.0. The third kappa shape index (κ3) is 6.09. The lowest BCUT2D eigenvalue weighted by Crippen LogP contribution is -2.16. The molecule has 0 atom stereocenters. The van der Waals surface area contributed by atoms with E-state index in [4.69, 9.17) is 15.7 Å². The van der Waals surface area contributed by atoms with Gasteiger partial charge in [0.1, 0.15) is 16.5 Å². The summed E-state index contributed by atoms with van der Waals surface area (Å²) in [6.45, 7) is 12.4. The molecule has 6 rings (SSSR count). The second-order valence-corrected chi connectivity index (χ2v) is 13.3. The van der Waals surface area contributed by atoms with E-state index in [1.165, 1.54) is 33.6 Å². The highest BCUT2D eigenvalue weighted by Crippen LogP contribution is 2.43. The highest BCUT2D eigenvalue weighted by Gasteiger charge is 2.24. The van der Waals surface area contributed by atoms with Crippen molar-refractivity contribution in [3.05, 3.63) is 105 Å². The number of para-hydroxylation sites is 1. The predicted octanol–water partition coefficient (Wildman–Crippen LogP) is 9.65. The van der Waals surface area contributed by atoms with Gasteiger partial charge in [0.25, 0.3) is 5.13 Å². The highest BCUT2D eigenvalue weighted by atomic mass is 32.1. The topological polar surface area (TPSA) is 106 Å². The van der Waals surface area contributed by atoms with Gasteiger partial charge in [-0.1, -0.05) is 70.2 Å². The van der Waals surface area contributed by atoms with Crippen LogP contribution in [0.3, 0.4) is 0 Å². The zero-order valence-electron chi connectivity index (χ0n) is 25.7. The molecule has 0 aliphatic carbocycles. The summed E-state index contributed by atoms with van der Waals surface area (Å²) in [6.07, 6.45) is 1.65. The van der Waals surface area contributed by atoms with E-state index < -0.39 is 0 Å². The van der Waals surface area contributed by atoms with Crippen molar-refractivity contribution in [3.63, 3.8) is 0 Å². The van der Waals surface area contributed by atoms with E-state index in [9.17, 15) is 0 Å². The number of pyridine rings is 1. The van der Waals surface area contributed by atoms with Crippen LogP contribution in [0.25, 0.3) is 10.2 Å². The standard InChI is InChI=1S/C34H34N8S2/c1-19-15-21(3)31(35)25(17-19)11-12-26-18-20(2)16-22(4)32(26)42(34-37-28-9-7-8-10-29(28)44-34)30-14-13-27(23(5)36-30)39-41-33-40-38-24(6)43-33/h7-10,13-18H,11-12,35H2,1-6H3. The molecular weight excluding hydrogens is 585 g/mol. The van der Waals surface area contributed by atoms with Gasteiger partial charge in [-0.05, 0) is 101 Å². The SMILES string of the molecule is Cc1cc(C)c(N)c(CCc2cc(C)cc(C)c2N(c2ccc(N=Nc3nnc(C)s3)c(C)n2)c2nc3ccccc3s2)c1. The molecule has 3 aromatic carbocycles. The number of thiazole rings is 1. The van der Waals surface area contributed by atoms with Crippen molar-refractivity contribution in [3.8, 4) is 0 Å². The van der Waals surface area contributed by atoms with Crippen molar-refractivity contribution in [1.29, 1.82) is 0 Å². The first kappa shape index (κ1) is 29.5. The molecule has 44 heavy (non-hydrogen) atoms. The first-order valence-electron chi connectivity index (χ1n) is 14.5. The minimum Gasteiger partial charge on any atom is -0.398 e. The largest absolute Gasteiger partial charge is 0.398 e. The molecule has 3 aromatic heterocycles. The van der Waals surface area contributed by atoms with Crippen LogP contribution in [0.4, 0.5) is 33.1 Å². The quantitative estimate of drug-likeness (QED) is 0.134.